The third-order valence-electron chi connectivity index (χ3n) is 4.16. The minimum absolute atomic E-state index is 0.226. The SMILES string of the molecule is CCCCCCC(=O)C[S+](C)C(C)(C)C.O=S(=O)([O-])C(F)(F)C(F)(F)C(F)(F)C(F)(F)F. The van der Waals surface area contributed by atoms with Gasteiger partial charge in [0.25, 0.3) is 0 Å². The van der Waals surface area contributed by atoms with E-state index in [1.54, 1.807) is 0 Å². The van der Waals surface area contributed by atoms with Crippen LogP contribution in [0, 0.1) is 0 Å². The molecule has 0 heterocycles. The van der Waals surface area contributed by atoms with Crippen LogP contribution in [-0.2, 0) is 25.8 Å². The van der Waals surface area contributed by atoms with Crippen molar-refractivity contribution < 1.29 is 57.3 Å². The molecule has 0 aliphatic heterocycles. The van der Waals surface area contributed by atoms with Crippen LogP contribution in [0.1, 0.15) is 59.8 Å². The summed E-state index contributed by atoms with van der Waals surface area (Å²) in [6, 6.07) is 0. The van der Waals surface area contributed by atoms with Crippen molar-refractivity contribution in [2.24, 2.45) is 0 Å². The zero-order chi connectivity index (χ0) is 26.4. The second kappa shape index (κ2) is 11.6. The first kappa shape index (κ1) is 33.5. The highest BCUT2D eigenvalue weighted by molar-refractivity contribution is 7.98. The lowest BCUT2D eigenvalue weighted by Gasteiger charge is -2.34. The number of rotatable bonds is 10. The lowest BCUT2D eigenvalue weighted by molar-refractivity contribution is -0.382. The van der Waals surface area contributed by atoms with Gasteiger partial charge in [0.2, 0.25) is 0 Å². The Morgan fingerprint density at radius 2 is 1.28 bits per heavy atom. The van der Waals surface area contributed by atoms with Crippen LogP contribution in [0.4, 0.5) is 39.5 Å². The van der Waals surface area contributed by atoms with Crippen molar-refractivity contribution in [1.29, 1.82) is 0 Å². The maximum atomic E-state index is 12.2. The summed E-state index contributed by atoms with van der Waals surface area (Å²) >= 11 is 0. The van der Waals surface area contributed by atoms with Crippen LogP contribution in [0.25, 0.3) is 0 Å². The maximum absolute atomic E-state index is 12.2. The normalized spacial score (nSPS) is 15.1. The number of halogens is 9. The molecule has 32 heavy (non-hydrogen) atoms. The van der Waals surface area contributed by atoms with E-state index in [2.05, 4.69) is 34.0 Å². The molecule has 0 spiro atoms. The lowest BCUT2D eigenvalue weighted by atomic mass is 10.1. The summed E-state index contributed by atoms with van der Waals surface area (Å²) < 4.78 is 136. The summed E-state index contributed by atoms with van der Waals surface area (Å²) in [7, 11) is -7.19. The van der Waals surface area contributed by atoms with Crippen LogP contribution >= 0.6 is 0 Å². The van der Waals surface area contributed by atoms with Gasteiger partial charge in [-0.1, -0.05) is 26.2 Å². The number of alkyl halides is 9. The molecule has 0 aromatic carbocycles. The minimum Gasteiger partial charge on any atom is -0.743 e. The molecule has 1 unspecified atom stereocenters. The Kier molecular flexibility index (Phi) is 12.2. The summed E-state index contributed by atoms with van der Waals surface area (Å²) in [6.07, 6.45) is 0.671. The Balaban J connectivity index is 0. The molecular formula is C17H27F9O4S2. The van der Waals surface area contributed by atoms with E-state index < -0.39 is 33.4 Å². The second-order valence-electron chi connectivity index (χ2n) is 7.86. The van der Waals surface area contributed by atoms with E-state index in [1.165, 1.54) is 19.3 Å². The number of Topliss-reactive ketones (excluding diaryl/α,β-unsaturated/α-hetero) is 1. The topological polar surface area (TPSA) is 74.3 Å². The van der Waals surface area contributed by atoms with Crippen molar-refractivity contribution in [2.75, 3.05) is 12.0 Å². The van der Waals surface area contributed by atoms with E-state index in [1.807, 2.05) is 0 Å². The Bertz CT molecular complexity index is 700. The van der Waals surface area contributed by atoms with Crippen LogP contribution in [-0.4, -0.2) is 58.8 Å². The monoisotopic (exact) mass is 530 g/mol. The number of hydrogen-bond acceptors (Lipinski definition) is 4. The number of hydrogen-bond donors (Lipinski definition) is 0. The number of carbonyl (C=O) groups excluding carboxylic acids is 1. The van der Waals surface area contributed by atoms with Gasteiger partial charge in [0, 0.05) is 6.42 Å². The summed E-state index contributed by atoms with van der Waals surface area (Å²) in [6.45, 7) is 8.87. The quantitative estimate of drug-likeness (QED) is 0.161. The Morgan fingerprint density at radius 1 is 0.844 bits per heavy atom. The zero-order valence-corrected chi connectivity index (χ0v) is 19.7. The highest BCUT2D eigenvalue weighted by Gasteiger charge is 2.83. The third kappa shape index (κ3) is 8.92. The van der Waals surface area contributed by atoms with Gasteiger partial charge in [0.1, 0.15) is 4.75 Å². The van der Waals surface area contributed by atoms with Crippen molar-refractivity contribution in [1.82, 2.24) is 0 Å². The summed E-state index contributed by atoms with van der Waals surface area (Å²) in [5.74, 6) is -13.6. The zero-order valence-electron chi connectivity index (χ0n) is 18.1. The molecule has 0 aliphatic carbocycles. The summed E-state index contributed by atoms with van der Waals surface area (Å²) in [4.78, 5) is 11.7. The molecule has 1 atom stereocenters. The molecule has 15 heteroatoms. The van der Waals surface area contributed by atoms with E-state index in [0.29, 0.717) is 10.5 Å². The molecule has 0 bridgehead atoms. The molecule has 0 saturated carbocycles. The molecule has 0 rings (SSSR count). The predicted molar refractivity (Wildman–Crippen MR) is 102 cm³/mol. The Hall–Kier alpha value is -0.700. The van der Waals surface area contributed by atoms with Crippen molar-refractivity contribution in [3.63, 3.8) is 0 Å². The lowest BCUT2D eigenvalue weighted by Crippen LogP contribution is -2.63. The van der Waals surface area contributed by atoms with Gasteiger partial charge in [-0.2, -0.15) is 39.5 Å². The Labute approximate surface area is 184 Å². The van der Waals surface area contributed by atoms with Crippen molar-refractivity contribution in [3.05, 3.63) is 0 Å². The summed E-state index contributed by atoms with van der Waals surface area (Å²) in [5, 5.41) is -7.11. The fourth-order valence-corrected chi connectivity index (χ4v) is 3.30. The van der Waals surface area contributed by atoms with Crippen LogP contribution in [0.3, 0.4) is 0 Å². The standard InChI is InChI=1S/C13H27OS.C4HF9O3S/c1-6-7-8-9-10-12(14)11-15(5)13(2,3)4;5-1(6,3(9,10)11)2(7,8)4(12,13)17(14,15)16/h6-11H2,1-5H3;(H,14,15,16)/q+1;/p-1. The number of ketones is 1. The van der Waals surface area contributed by atoms with Crippen LogP contribution in [0.2, 0.25) is 0 Å². The molecular weight excluding hydrogens is 503 g/mol. The highest BCUT2D eigenvalue weighted by atomic mass is 32.2. The van der Waals surface area contributed by atoms with Gasteiger partial charge in [-0.15, -0.1) is 0 Å². The van der Waals surface area contributed by atoms with Crippen LogP contribution < -0.4 is 0 Å². The fourth-order valence-electron chi connectivity index (χ4n) is 1.80. The third-order valence-corrected chi connectivity index (χ3v) is 7.89. The van der Waals surface area contributed by atoms with E-state index in [4.69, 9.17) is 0 Å². The van der Waals surface area contributed by atoms with Gasteiger partial charge < -0.3 is 4.55 Å². The molecule has 0 saturated heterocycles. The largest absolute Gasteiger partial charge is 0.743 e. The molecule has 0 aromatic rings. The van der Waals surface area contributed by atoms with Crippen molar-refractivity contribution >= 4 is 26.8 Å². The van der Waals surface area contributed by atoms with Gasteiger partial charge in [-0.05, 0) is 38.1 Å². The van der Waals surface area contributed by atoms with Gasteiger partial charge >= 0.3 is 23.3 Å². The van der Waals surface area contributed by atoms with E-state index in [0.717, 1.165) is 18.6 Å². The average Bonchev–Trinajstić information content (AvgIpc) is 2.56. The highest BCUT2D eigenvalue weighted by Crippen LogP contribution is 2.54. The van der Waals surface area contributed by atoms with Gasteiger partial charge in [0.05, 0.1) is 6.26 Å². The predicted octanol–water partition coefficient (Wildman–Crippen LogP) is 5.53. The molecule has 0 N–H and O–H groups in total. The van der Waals surface area contributed by atoms with E-state index >= 15 is 0 Å². The van der Waals surface area contributed by atoms with E-state index in [9.17, 15) is 57.3 Å². The smallest absolute Gasteiger partial charge is 0.460 e. The van der Waals surface area contributed by atoms with Crippen LogP contribution in [0.15, 0.2) is 0 Å². The van der Waals surface area contributed by atoms with Crippen molar-refractivity contribution in [3.8, 4) is 0 Å². The first-order valence-electron chi connectivity index (χ1n) is 9.17. The summed E-state index contributed by atoms with van der Waals surface area (Å²) in [5.41, 5.74) is 0. The Morgan fingerprint density at radius 3 is 1.59 bits per heavy atom. The maximum Gasteiger partial charge on any atom is 0.460 e. The van der Waals surface area contributed by atoms with Gasteiger partial charge in [-0.3, -0.25) is 4.79 Å². The van der Waals surface area contributed by atoms with Crippen LogP contribution in [0.5, 0.6) is 0 Å². The fraction of sp³-hybridized carbons (Fsp3) is 0.941. The van der Waals surface area contributed by atoms with Crippen molar-refractivity contribution in [2.45, 2.75) is 87.8 Å². The first-order chi connectivity index (χ1) is 13.9. The average molecular weight is 531 g/mol. The molecule has 194 valence electrons. The molecule has 0 fully saturated rings. The molecule has 0 aliphatic rings. The van der Waals surface area contributed by atoms with Gasteiger partial charge in [0.15, 0.2) is 21.7 Å². The second-order valence-corrected chi connectivity index (χ2v) is 12.1. The molecule has 0 amide bonds. The minimum atomic E-state index is -7.43. The molecule has 4 nitrogen and oxygen atoms in total. The number of unbranched alkanes of at least 4 members (excludes halogenated alkanes) is 3. The van der Waals surface area contributed by atoms with Gasteiger partial charge in [-0.25, -0.2) is 8.42 Å². The molecule has 0 aromatic heterocycles. The number of carbonyl (C=O) groups is 1. The first-order valence-corrected chi connectivity index (χ1v) is 12.4. The molecule has 0 radical (unpaired) electrons. The van der Waals surface area contributed by atoms with E-state index in [-0.39, 0.29) is 10.9 Å².